The van der Waals surface area contributed by atoms with Gasteiger partial charge in [-0.3, -0.25) is 9.59 Å². The number of likely N-dealkylation sites (N-methyl/N-ethyl adjacent to an activating group) is 1. The van der Waals surface area contributed by atoms with E-state index in [0.717, 1.165) is 21.5 Å². The second kappa shape index (κ2) is 11.5. The van der Waals surface area contributed by atoms with Gasteiger partial charge in [0, 0.05) is 24.5 Å². The van der Waals surface area contributed by atoms with Gasteiger partial charge in [-0.05, 0) is 55.3 Å². The summed E-state index contributed by atoms with van der Waals surface area (Å²) in [6, 6.07) is 14.5. The standard InChI is InChI=1S/C22H27BrN2O4/c1-16(22(27)24-2)25(15-17-6-4-7-18(23)14-17)21(26)8-5-13-29-20-11-9-19(28-3)10-12-20/h4,6-7,9-12,14,16H,5,8,13,15H2,1-3H3,(H,24,27)/t16-/m1/s1. The topological polar surface area (TPSA) is 67.9 Å². The third kappa shape index (κ3) is 7.09. The maximum atomic E-state index is 12.9. The highest BCUT2D eigenvalue weighted by atomic mass is 79.9. The molecule has 7 heteroatoms. The van der Waals surface area contributed by atoms with Crippen molar-refractivity contribution in [2.24, 2.45) is 0 Å². The van der Waals surface area contributed by atoms with Crippen molar-refractivity contribution in [3.63, 3.8) is 0 Å². The number of carbonyl (C=O) groups excluding carboxylic acids is 2. The van der Waals surface area contributed by atoms with Crippen molar-refractivity contribution < 1.29 is 19.1 Å². The first-order valence-corrected chi connectivity index (χ1v) is 10.3. The molecule has 2 aromatic carbocycles. The van der Waals surface area contributed by atoms with Crippen LogP contribution in [0.2, 0.25) is 0 Å². The lowest BCUT2D eigenvalue weighted by Gasteiger charge is -2.28. The third-order valence-electron chi connectivity index (χ3n) is 4.52. The average molecular weight is 463 g/mol. The Hall–Kier alpha value is -2.54. The monoisotopic (exact) mass is 462 g/mol. The molecule has 0 aliphatic heterocycles. The summed E-state index contributed by atoms with van der Waals surface area (Å²) in [7, 11) is 3.18. The molecule has 2 aromatic rings. The minimum absolute atomic E-state index is 0.0839. The van der Waals surface area contributed by atoms with E-state index >= 15 is 0 Å². The number of hydrogen-bond acceptors (Lipinski definition) is 4. The lowest BCUT2D eigenvalue weighted by Crippen LogP contribution is -2.46. The van der Waals surface area contributed by atoms with E-state index in [1.165, 1.54) is 0 Å². The van der Waals surface area contributed by atoms with Crippen molar-refractivity contribution in [2.45, 2.75) is 32.4 Å². The summed E-state index contributed by atoms with van der Waals surface area (Å²) in [6.07, 6.45) is 0.853. The number of carbonyl (C=O) groups is 2. The highest BCUT2D eigenvalue weighted by Gasteiger charge is 2.25. The molecule has 1 atom stereocenters. The van der Waals surface area contributed by atoms with Crippen LogP contribution in [0.5, 0.6) is 11.5 Å². The van der Waals surface area contributed by atoms with Gasteiger partial charge in [0.1, 0.15) is 17.5 Å². The van der Waals surface area contributed by atoms with Crippen molar-refractivity contribution >= 4 is 27.7 Å². The molecule has 0 unspecified atom stereocenters. The molecule has 0 aliphatic carbocycles. The van der Waals surface area contributed by atoms with Crippen molar-refractivity contribution in [1.29, 1.82) is 0 Å². The lowest BCUT2D eigenvalue weighted by atomic mass is 10.1. The summed E-state index contributed by atoms with van der Waals surface area (Å²) in [5.41, 5.74) is 0.956. The number of rotatable bonds is 10. The molecule has 0 heterocycles. The number of amides is 2. The minimum Gasteiger partial charge on any atom is -0.497 e. The average Bonchev–Trinajstić information content (AvgIpc) is 2.74. The van der Waals surface area contributed by atoms with Gasteiger partial charge >= 0.3 is 0 Å². The van der Waals surface area contributed by atoms with Crippen molar-refractivity contribution in [3.8, 4) is 11.5 Å². The fraction of sp³-hybridized carbons (Fsp3) is 0.364. The molecule has 0 aliphatic rings. The molecule has 0 radical (unpaired) electrons. The Morgan fingerprint density at radius 1 is 1.14 bits per heavy atom. The number of nitrogens with one attached hydrogen (secondary N) is 1. The Labute approximate surface area is 180 Å². The second-order valence-corrected chi connectivity index (χ2v) is 7.49. The van der Waals surface area contributed by atoms with Gasteiger partial charge in [-0.15, -0.1) is 0 Å². The number of benzene rings is 2. The van der Waals surface area contributed by atoms with E-state index in [9.17, 15) is 9.59 Å². The number of ether oxygens (including phenoxy) is 2. The Balaban J connectivity index is 1.94. The number of halogens is 1. The van der Waals surface area contributed by atoms with Gasteiger partial charge in [0.25, 0.3) is 0 Å². The fourth-order valence-corrected chi connectivity index (χ4v) is 3.30. The van der Waals surface area contributed by atoms with Gasteiger partial charge in [0.15, 0.2) is 0 Å². The van der Waals surface area contributed by atoms with Gasteiger partial charge < -0.3 is 19.7 Å². The summed E-state index contributed by atoms with van der Waals surface area (Å²) in [4.78, 5) is 26.6. The van der Waals surface area contributed by atoms with Crippen LogP contribution in [0.1, 0.15) is 25.3 Å². The van der Waals surface area contributed by atoms with E-state index < -0.39 is 6.04 Å². The van der Waals surface area contributed by atoms with Gasteiger partial charge in [0.05, 0.1) is 13.7 Å². The SMILES string of the molecule is CNC(=O)[C@@H](C)N(Cc1cccc(Br)c1)C(=O)CCCOc1ccc(OC)cc1. The zero-order chi connectivity index (χ0) is 21.2. The van der Waals surface area contributed by atoms with Crippen LogP contribution in [0.25, 0.3) is 0 Å². The van der Waals surface area contributed by atoms with Crippen molar-refractivity contribution in [3.05, 3.63) is 58.6 Å². The van der Waals surface area contributed by atoms with Crippen molar-refractivity contribution in [2.75, 3.05) is 20.8 Å². The van der Waals surface area contributed by atoms with E-state index in [2.05, 4.69) is 21.2 Å². The fourth-order valence-electron chi connectivity index (χ4n) is 2.85. The van der Waals surface area contributed by atoms with E-state index in [4.69, 9.17) is 9.47 Å². The summed E-state index contributed by atoms with van der Waals surface area (Å²) in [5.74, 6) is 1.21. The summed E-state index contributed by atoms with van der Waals surface area (Å²) < 4.78 is 11.7. The molecule has 6 nitrogen and oxygen atoms in total. The highest BCUT2D eigenvalue weighted by Crippen LogP contribution is 2.18. The first kappa shape index (κ1) is 22.7. The van der Waals surface area contributed by atoms with Crippen LogP contribution in [0, 0.1) is 0 Å². The van der Waals surface area contributed by atoms with Crippen molar-refractivity contribution in [1.82, 2.24) is 10.2 Å². The number of methoxy groups -OCH3 is 1. The summed E-state index contributed by atoms with van der Waals surface area (Å²) in [6.45, 7) is 2.52. The molecule has 1 N–H and O–H groups in total. The first-order valence-electron chi connectivity index (χ1n) is 9.47. The molecule has 0 saturated carbocycles. The molecule has 0 aromatic heterocycles. The van der Waals surface area contributed by atoms with Gasteiger partial charge in [-0.2, -0.15) is 0 Å². The predicted octanol–water partition coefficient (Wildman–Crippen LogP) is 3.78. The molecule has 2 amide bonds. The van der Waals surface area contributed by atoms with Gasteiger partial charge in [0.2, 0.25) is 11.8 Å². The normalized spacial score (nSPS) is 11.4. The predicted molar refractivity (Wildman–Crippen MR) is 116 cm³/mol. The molecule has 2 rings (SSSR count). The highest BCUT2D eigenvalue weighted by molar-refractivity contribution is 9.10. The Morgan fingerprint density at radius 2 is 1.83 bits per heavy atom. The largest absolute Gasteiger partial charge is 0.497 e. The lowest BCUT2D eigenvalue weighted by molar-refractivity contribution is -0.140. The van der Waals surface area contributed by atoms with Crippen LogP contribution in [-0.2, 0) is 16.1 Å². The van der Waals surface area contributed by atoms with Gasteiger partial charge in [-0.1, -0.05) is 28.1 Å². The van der Waals surface area contributed by atoms with E-state index in [1.54, 1.807) is 26.0 Å². The quantitative estimate of drug-likeness (QED) is 0.545. The molecule has 156 valence electrons. The summed E-state index contributed by atoms with van der Waals surface area (Å²) >= 11 is 3.44. The molecular formula is C22H27BrN2O4. The first-order chi connectivity index (χ1) is 13.9. The van der Waals surface area contributed by atoms with Crippen LogP contribution in [0.4, 0.5) is 0 Å². The zero-order valence-electron chi connectivity index (χ0n) is 17.0. The minimum atomic E-state index is -0.561. The molecule has 0 spiro atoms. The maximum absolute atomic E-state index is 12.9. The number of nitrogens with zero attached hydrogens (tertiary/aromatic N) is 1. The molecule has 0 saturated heterocycles. The van der Waals surface area contributed by atoms with Crippen LogP contribution >= 0.6 is 15.9 Å². The van der Waals surface area contributed by atoms with Crippen LogP contribution in [0.15, 0.2) is 53.0 Å². The Bertz CT molecular complexity index is 811. The smallest absolute Gasteiger partial charge is 0.242 e. The molecule has 0 bridgehead atoms. The van der Waals surface area contributed by atoms with E-state index in [0.29, 0.717) is 26.0 Å². The van der Waals surface area contributed by atoms with Crippen LogP contribution in [-0.4, -0.2) is 43.5 Å². The third-order valence-corrected chi connectivity index (χ3v) is 5.01. The zero-order valence-corrected chi connectivity index (χ0v) is 18.6. The molecule has 0 fully saturated rings. The van der Waals surface area contributed by atoms with Gasteiger partial charge in [-0.25, -0.2) is 0 Å². The molecule has 29 heavy (non-hydrogen) atoms. The van der Waals surface area contributed by atoms with Crippen LogP contribution in [0.3, 0.4) is 0 Å². The Morgan fingerprint density at radius 3 is 2.45 bits per heavy atom. The van der Waals surface area contributed by atoms with Crippen LogP contribution < -0.4 is 14.8 Å². The second-order valence-electron chi connectivity index (χ2n) is 6.57. The summed E-state index contributed by atoms with van der Waals surface area (Å²) in [5, 5.41) is 2.62. The maximum Gasteiger partial charge on any atom is 0.242 e. The van der Waals surface area contributed by atoms with E-state index in [-0.39, 0.29) is 11.8 Å². The Kier molecular flexibility index (Phi) is 8.99. The number of hydrogen-bond donors (Lipinski definition) is 1. The van der Waals surface area contributed by atoms with E-state index in [1.807, 2.05) is 48.5 Å². The molecular weight excluding hydrogens is 436 g/mol.